The third kappa shape index (κ3) is 8.54. The zero-order valence-electron chi connectivity index (χ0n) is 25.0. The number of carbonyl (C=O) groups excluding carboxylic acids is 1. The summed E-state index contributed by atoms with van der Waals surface area (Å²) in [6, 6.07) is 35.7. The van der Waals surface area contributed by atoms with Crippen molar-refractivity contribution in [1.82, 2.24) is 0 Å². The lowest BCUT2D eigenvalue weighted by Crippen LogP contribution is -2.02. The monoisotopic (exact) mass is 590 g/mol. The topological polar surface area (TPSA) is 74.2 Å². The number of unbranched alkanes of at least 4 members (excludes halogenated alkanes) is 3. The number of aromatic hydroxyl groups is 1. The first-order chi connectivity index (χ1) is 21.6. The van der Waals surface area contributed by atoms with E-state index >= 15 is 0 Å². The lowest BCUT2D eigenvalue weighted by molar-refractivity contribution is 0.0597. The molecule has 226 valence electrons. The normalized spacial score (nSPS) is 10.8. The van der Waals surface area contributed by atoms with Crippen LogP contribution in [0, 0.1) is 0 Å². The van der Waals surface area contributed by atoms with Gasteiger partial charge in [0, 0.05) is 6.07 Å². The molecule has 0 saturated heterocycles. The molecule has 0 unspecified atom stereocenters. The van der Waals surface area contributed by atoms with Gasteiger partial charge in [0.1, 0.15) is 30.3 Å². The molecule has 0 bridgehead atoms. The molecular weight excluding hydrogens is 552 g/mol. The number of esters is 1. The Balaban J connectivity index is 1.14. The second-order valence-electron chi connectivity index (χ2n) is 10.7. The van der Waals surface area contributed by atoms with E-state index < -0.39 is 5.97 Å². The molecule has 0 radical (unpaired) electrons. The molecule has 0 fully saturated rings. The number of phenolic OH excluding ortho intramolecular Hbond substituents is 1. The van der Waals surface area contributed by atoms with Crippen LogP contribution in [0.4, 0.5) is 0 Å². The Morgan fingerprint density at radius 1 is 0.614 bits per heavy atom. The van der Waals surface area contributed by atoms with E-state index in [1.807, 2.05) is 36.4 Å². The van der Waals surface area contributed by atoms with Crippen LogP contribution in [0.1, 0.15) is 52.7 Å². The minimum Gasteiger partial charge on any atom is -0.507 e. The first kappa shape index (κ1) is 30.5. The highest BCUT2D eigenvalue weighted by molar-refractivity contribution is 5.92. The Kier molecular flexibility index (Phi) is 10.7. The van der Waals surface area contributed by atoms with Crippen LogP contribution in [-0.2, 0) is 24.4 Å². The smallest absolute Gasteiger partial charge is 0.341 e. The maximum absolute atomic E-state index is 11.6. The van der Waals surface area contributed by atoms with Gasteiger partial charge in [-0.15, -0.1) is 0 Å². The minimum atomic E-state index is -0.574. The highest BCUT2D eigenvalue weighted by atomic mass is 16.5. The van der Waals surface area contributed by atoms with Gasteiger partial charge in [-0.1, -0.05) is 91.7 Å². The first-order valence-corrected chi connectivity index (χ1v) is 15.0. The predicted octanol–water partition coefficient (Wildman–Crippen LogP) is 8.67. The number of benzene rings is 5. The van der Waals surface area contributed by atoms with E-state index in [2.05, 4.69) is 59.3 Å². The Morgan fingerprint density at radius 2 is 1.25 bits per heavy atom. The molecule has 1 N–H and O–H groups in total. The average Bonchev–Trinajstić information content (AvgIpc) is 3.06. The number of rotatable bonds is 15. The molecular formula is C38H38O6. The van der Waals surface area contributed by atoms with E-state index in [-0.39, 0.29) is 11.3 Å². The SMILES string of the molecule is COC(=O)c1ccc(OCCCCCCc2ccc3cc(OCc4ccccc4)c(OCc4ccccc4)cc3c2)cc1O. The molecule has 0 amide bonds. The number of carbonyl (C=O) groups is 1. The second kappa shape index (κ2) is 15.5. The Labute approximate surface area is 258 Å². The van der Waals surface area contributed by atoms with Crippen LogP contribution in [0.3, 0.4) is 0 Å². The van der Waals surface area contributed by atoms with Gasteiger partial charge in [-0.2, -0.15) is 0 Å². The highest BCUT2D eigenvalue weighted by Crippen LogP contribution is 2.34. The van der Waals surface area contributed by atoms with Crippen LogP contribution in [0.25, 0.3) is 10.8 Å². The van der Waals surface area contributed by atoms with Crippen LogP contribution < -0.4 is 14.2 Å². The van der Waals surface area contributed by atoms with Crippen molar-refractivity contribution >= 4 is 16.7 Å². The van der Waals surface area contributed by atoms with Gasteiger partial charge in [0.2, 0.25) is 0 Å². The number of hydrogen-bond acceptors (Lipinski definition) is 6. The van der Waals surface area contributed by atoms with E-state index in [4.69, 9.17) is 14.2 Å². The number of hydrogen-bond donors (Lipinski definition) is 1. The van der Waals surface area contributed by atoms with Crippen molar-refractivity contribution in [3.63, 3.8) is 0 Å². The first-order valence-electron chi connectivity index (χ1n) is 15.0. The van der Waals surface area contributed by atoms with E-state index in [0.29, 0.717) is 25.6 Å². The molecule has 0 aliphatic carbocycles. The number of aryl methyl sites for hydroxylation is 1. The van der Waals surface area contributed by atoms with Gasteiger partial charge in [-0.3, -0.25) is 0 Å². The molecule has 0 saturated carbocycles. The third-order valence-electron chi connectivity index (χ3n) is 7.44. The lowest BCUT2D eigenvalue weighted by atomic mass is 10.0. The van der Waals surface area contributed by atoms with E-state index in [9.17, 15) is 9.90 Å². The van der Waals surface area contributed by atoms with Crippen molar-refractivity contribution in [3.05, 3.63) is 131 Å². The fraction of sp³-hybridized carbons (Fsp3) is 0.237. The molecule has 5 aromatic carbocycles. The minimum absolute atomic E-state index is 0.126. The van der Waals surface area contributed by atoms with Crippen molar-refractivity contribution in [2.75, 3.05) is 13.7 Å². The zero-order chi connectivity index (χ0) is 30.6. The summed E-state index contributed by atoms with van der Waals surface area (Å²) in [5, 5.41) is 12.3. The molecule has 0 spiro atoms. The molecule has 0 atom stereocenters. The molecule has 5 rings (SSSR count). The van der Waals surface area contributed by atoms with Crippen molar-refractivity contribution in [2.24, 2.45) is 0 Å². The van der Waals surface area contributed by atoms with Crippen LogP contribution in [0.15, 0.2) is 109 Å². The molecule has 6 heteroatoms. The molecule has 0 heterocycles. The van der Waals surface area contributed by atoms with Crippen LogP contribution in [0.2, 0.25) is 0 Å². The van der Waals surface area contributed by atoms with Gasteiger partial charge in [0.05, 0.1) is 13.7 Å². The maximum atomic E-state index is 11.6. The summed E-state index contributed by atoms with van der Waals surface area (Å²) in [5.41, 5.74) is 3.63. The Bertz CT molecular complexity index is 1650. The molecule has 0 aromatic heterocycles. The third-order valence-corrected chi connectivity index (χ3v) is 7.44. The molecule has 0 aliphatic rings. The van der Waals surface area contributed by atoms with Gasteiger partial charge in [-0.05, 0) is 71.0 Å². The van der Waals surface area contributed by atoms with Crippen LogP contribution in [-0.4, -0.2) is 24.8 Å². The summed E-state index contributed by atoms with van der Waals surface area (Å²) in [7, 11) is 1.28. The Hall–Kier alpha value is -4.97. The summed E-state index contributed by atoms with van der Waals surface area (Å²) >= 11 is 0. The number of ether oxygens (including phenoxy) is 4. The lowest BCUT2D eigenvalue weighted by Gasteiger charge is -2.15. The Morgan fingerprint density at radius 3 is 1.89 bits per heavy atom. The van der Waals surface area contributed by atoms with Gasteiger partial charge in [0.15, 0.2) is 11.5 Å². The molecule has 44 heavy (non-hydrogen) atoms. The summed E-state index contributed by atoms with van der Waals surface area (Å²) in [6.07, 6.45) is 5.11. The van der Waals surface area contributed by atoms with Crippen LogP contribution >= 0.6 is 0 Å². The van der Waals surface area contributed by atoms with Crippen LogP contribution in [0.5, 0.6) is 23.0 Å². The molecule has 6 nitrogen and oxygen atoms in total. The standard InChI is InChI=1S/C38H38O6/c1-41-38(40)34-20-19-33(25-35(34)39)42-21-11-3-2-6-12-28-17-18-31-23-36(43-26-29-13-7-4-8-14-29)37(24-32(31)22-28)44-27-30-15-9-5-10-16-30/h4-5,7-10,13-20,22-25,39H,2-3,6,11-12,21,26-27H2,1H3. The highest BCUT2D eigenvalue weighted by Gasteiger charge is 2.12. The van der Waals surface area contributed by atoms with E-state index in [1.54, 1.807) is 6.07 Å². The molecule has 0 aliphatic heterocycles. The van der Waals surface area contributed by atoms with E-state index in [0.717, 1.165) is 65.5 Å². The largest absolute Gasteiger partial charge is 0.507 e. The van der Waals surface area contributed by atoms with Gasteiger partial charge >= 0.3 is 5.97 Å². The number of methoxy groups -OCH3 is 1. The second-order valence-corrected chi connectivity index (χ2v) is 10.7. The van der Waals surface area contributed by atoms with Gasteiger partial charge < -0.3 is 24.1 Å². The summed E-state index contributed by atoms with van der Waals surface area (Å²) in [6.45, 7) is 1.49. The predicted molar refractivity (Wildman–Crippen MR) is 173 cm³/mol. The van der Waals surface area contributed by atoms with E-state index in [1.165, 1.54) is 24.8 Å². The quantitative estimate of drug-likeness (QED) is 0.0971. The molecule has 5 aromatic rings. The van der Waals surface area contributed by atoms with Crippen molar-refractivity contribution in [1.29, 1.82) is 0 Å². The van der Waals surface area contributed by atoms with Crippen molar-refractivity contribution in [2.45, 2.75) is 45.3 Å². The summed E-state index contributed by atoms with van der Waals surface area (Å²) < 4.78 is 22.9. The summed E-state index contributed by atoms with van der Waals surface area (Å²) in [5.74, 6) is 1.29. The maximum Gasteiger partial charge on any atom is 0.341 e. The zero-order valence-corrected chi connectivity index (χ0v) is 25.0. The fourth-order valence-electron chi connectivity index (χ4n) is 5.02. The number of phenols is 1. The number of fused-ring (bicyclic) bond motifs is 1. The van der Waals surface area contributed by atoms with Crippen molar-refractivity contribution < 1.29 is 28.8 Å². The average molecular weight is 591 g/mol. The van der Waals surface area contributed by atoms with Gasteiger partial charge in [-0.25, -0.2) is 4.79 Å². The summed E-state index contributed by atoms with van der Waals surface area (Å²) in [4.78, 5) is 11.6. The van der Waals surface area contributed by atoms with Crippen molar-refractivity contribution in [3.8, 4) is 23.0 Å². The van der Waals surface area contributed by atoms with Gasteiger partial charge in [0.25, 0.3) is 0 Å². The fourth-order valence-corrected chi connectivity index (χ4v) is 5.02.